The van der Waals surface area contributed by atoms with Gasteiger partial charge in [-0.25, -0.2) is 4.68 Å². The molecule has 2 aromatic heterocycles. The lowest BCUT2D eigenvalue weighted by atomic mass is 10.1. The van der Waals surface area contributed by atoms with Gasteiger partial charge in [0.05, 0.1) is 0 Å². The molecule has 0 aliphatic rings. The van der Waals surface area contributed by atoms with E-state index < -0.39 is 5.91 Å². The van der Waals surface area contributed by atoms with E-state index in [1.807, 2.05) is 31.2 Å². The zero-order chi connectivity index (χ0) is 16.4. The molecular weight excluding hydrogens is 296 g/mol. The Morgan fingerprint density at radius 1 is 1.22 bits per heavy atom. The summed E-state index contributed by atoms with van der Waals surface area (Å²) in [5, 5.41) is 7.89. The predicted octanol–water partition coefficient (Wildman–Crippen LogP) is 1.35. The molecule has 0 saturated carbocycles. The fraction of sp³-hybridized carbons (Fsp3) is 0.125. The first-order chi connectivity index (χ1) is 11.0. The van der Waals surface area contributed by atoms with Crippen molar-refractivity contribution >= 4 is 5.91 Å². The molecule has 1 aromatic carbocycles. The monoisotopic (exact) mass is 310 g/mol. The van der Waals surface area contributed by atoms with Crippen LogP contribution < -0.4 is 11.3 Å². The fourth-order valence-corrected chi connectivity index (χ4v) is 2.09. The third-order valence-corrected chi connectivity index (χ3v) is 3.33. The smallest absolute Gasteiger partial charge is 0.269 e. The number of benzene rings is 1. The van der Waals surface area contributed by atoms with E-state index in [0.29, 0.717) is 11.5 Å². The lowest BCUT2D eigenvalue weighted by molar-refractivity contribution is 0.0993. The van der Waals surface area contributed by atoms with E-state index >= 15 is 0 Å². The van der Waals surface area contributed by atoms with E-state index in [0.717, 1.165) is 15.8 Å². The molecule has 7 nitrogen and oxygen atoms in total. The number of nitrogens with zero attached hydrogens (tertiary/aromatic N) is 3. The molecule has 2 N–H and O–H groups in total. The molecule has 0 fully saturated rings. The van der Waals surface area contributed by atoms with Crippen molar-refractivity contribution in [3.8, 4) is 11.3 Å². The fourth-order valence-electron chi connectivity index (χ4n) is 2.09. The summed E-state index contributed by atoms with van der Waals surface area (Å²) in [6.07, 6.45) is 0. The van der Waals surface area contributed by atoms with Gasteiger partial charge in [-0.15, -0.1) is 0 Å². The quantitative estimate of drug-likeness (QED) is 0.783. The Kier molecular flexibility index (Phi) is 3.76. The molecule has 0 aliphatic carbocycles. The topological polar surface area (TPSA) is 104 Å². The first-order valence-corrected chi connectivity index (χ1v) is 6.93. The molecule has 0 unspecified atom stereocenters. The molecule has 0 saturated heterocycles. The summed E-state index contributed by atoms with van der Waals surface area (Å²) < 4.78 is 6.35. The van der Waals surface area contributed by atoms with Crippen LogP contribution in [0.3, 0.4) is 0 Å². The Morgan fingerprint density at radius 3 is 2.65 bits per heavy atom. The van der Waals surface area contributed by atoms with Crippen LogP contribution in [0.25, 0.3) is 11.3 Å². The molecule has 3 rings (SSSR count). The highest BCUT2D eigenvalue weighted by atomic mass is 16.5. The van der Waals surface area contributed by atoms with Gasteiger partial charge in [-0.2, -0.15) is 5.10 Å². The van der Waals surface area contributed by atoms with Crippen molar-refractivity contribution in [1.29, 1.82) is 0 Å². The number of hydrogen-bond acceptors (Lipinski definition) is 5. The second kappa shape index (κ2) is 5.88. The summed E-state index contributed by atoms with van der Waals surface area (Å²) in [4.78, 5) is 22.9. The number of primary amides is 1. The Balaban J connectivity index is 1.87. The van der Waals surface area contributed by atoms with E-state index in [1.165, 1.54) is 12.1 Å². The van der Waals surface area contributed by atoms with E-state index in [9.17, 15) is 9.59 Å². The molecule has 0 radical (unpaired) electrons. The molecule has 116 valence electrons. The summed E-state index contributed by atoms with van der Waals surface area (Å²) >= 11 is 0. The minimum Gasteiger partial charge on any atom is -0.364 e. The zero-order valence-corrected chi connectivity index (χ0v) is 12.4. The average Bonchev–Trinajstić information content (AvgIpc) is 2.98. The van der Waals surface area contributed by atoms with E-state index in [1.54, 1.807) is 6.07 Å². The lowest BCUT2D eigenvalue weighted by Gasteiger charge is -2.02. The molecule has 23 heavy (non-hydrogen) atoms. The molecule has 1 amide bonds. The Labute approximate surface area is 131 Å². The van der Waals surface area contributed by atoms with Crippen molar-refractivity contribution in [1.82, 2.24) is 14.9 Å². The second-order valence-electron chi connectivity index (χ2n) is 5.12. The van der Waals surface area contributed by atoms with Crippen molar-refractivity contribution < 1.29 is 9.32 Å². The number of aromatic nitrogens is 3. The van der Waals surface area contributed by atoms with Crippen LogP contribution >= 0.6 is 0 Å². The summed E-state index contributed by atoms with van der Waals surface area (Å²) in [5.74, 6) is -0.242. The van der Waals surface area contributed by atoms with Crippen LogP contribution in [-0.2, 0) is 6.54 Å². The van der Waals surface area contributed by atoms with Gasteiger partial charge in [0, 0.05) is 17.7 Å². The maximum atomic E-state index is 11.8. The van der Waals surface area contributed by atoms with Gasteiger partial charge in [-0.3, -0.25) is 9.59 Å². The highest BCUT2D eigenvalue weighted by molar-refractivity contribution is 5.90. The number of nitrogens with two attached hydrogens (primary N) is 1. The Bertz CT molecular complexity index is 910. The van der Waals surface area contributed by atoms with Crippen LogP contribution in [0, 0.1) is 6.92 Å². The van der Waals surface area contributed by atoms with E-state index in [-0.39, 0.29) is 17.8 Å². The van der Waals surface area contributed by atoms with Gasteiger partial charge in [0.2, 0.25) is 0 Å². The molecule has 0 bridgehead atoms. The molecule has 0 spiro atoms. The number of hydrogen-bond donors (Lipinski definition) is 1. The van der Waals surface area contributed by atoms with Crippen molar-refractivity contribution in [2.75, 3.05) is 0 Å². The van der Waals surface area contributed by atoms with Crippen LogP contribution in [0.5, 0.6) is 0 Å². The van der Waals surface area contributed by atoms with E-state index in [4.69, 9.17) is 10.3 Å². The first kappa shape index (κ1) is 14.7. The number of aryl methyl sites for hydroxylation is 1. The molecule has 0 aliphatic heterocycles. The largest absolute Gasteiger partial charge is 0.364 e. The van der Waals surface area contributed by atoms with Gasteiger partial charge in [-0.05, 0) is 13.0 Å². The van der Waals surface area contributed by atoms with Crippen LogP contribution in [-0.4, -0.2) is 20.8 Å². The summed E-state index contributed by atoms with van der Waals surface area (Å²) in [6, 6.07) is 12.1. The first-order valence-electron chi connectivity index (χ1n) is 6.93. The normalized spacial score (nSPS) is 10.7. The predicted molar refractivity (Wildman–Crippen MR) is 82.8 cm³/mol. The van der Waals surface area contributed by atoms with E-state index in [2.05, 4.69) is 10.3 Å². The third-order valence-electron chi connectivity index (χ3n) is 3.33. The zero-order valence-electron chi connectivity index (χ0n) is 12.4. The number of amides is 1. The van der Waals surface area contributed by atoms with Gasteiger partial charge in [-0.1, -0.05) is 35.0 Å². The van der Waals surface area contributed by atoms with Crippen LogP contribution in [0.4, 0.5) is 0 Å². The van der Waals surface area contributed by atoms with Gasteiger partial charge in [0.15, 0.2) is 5.76 Å². The summed E-state index contributed by atoms with van der Waals surface area (Å²) in [7, 11) is 0. The number of carbonyl (C=O) groups is 1. The molecular formula is C16H14N4O3. The van der Waals surface area contributed by atoms with Crippen molar-refractivity contribution in [2.24, 2.45) is 5.73 Å². The summed E-state index contributed by atoms with van der Waals surface area (Å²) in [6.45, 7) is 2.07. The van der Waals surface area contributed by atoms with Crippen LogP contribution in [0.1, 0.15) is 21.8 Å². The number of rotatable bonds is 4. The van der Waals surface area contributed by atoms with Gasteiger partial charge in [0.1, 0.15) is 17.9 Å². The minimum atomic E-state index is -0.698. The van der Waals surface area contributed by atoms with Crippen molar-refractivity contribution in [2.45, 2.75) is 13.5 Å². The van der Waals surface area contributed by atoms with Crippen molar-refractivity contribution in [3.63, 3.8) is 0 Å². The standard InChI is InChI=1S/C16H14N4O3/c1-10-2-4-11(5-3-10)14-8-12(23-19-14)9-20-15(21)7-6-13(18-20)16(17)22/h2-8H,9H2,1H3,(H2,17,22). The average molecular weight is 310 g/mol. The van der Waals surface area contributed by atoms with Gasteiger partial charge in [0.25, 0.3) is 11.5 Å². The Hall–Kier alpha value is -3.22. The third kappa shape index (κ3) is 3.18. The number of carbonyl (C=O) groups excluding carboxylic acids is 1. The highest BCUT2D eigenvalue weighted by Crippen LogP contribution is 2.19. The van der Waals surface area contributed by atoms with Gasteiger partial charge >= 0.3 is 0 Å². The lowest BCUT2D eigenvalue weighted by Crippen LogP contribution is -2.26. The molecule has 7 heteroatoms. The van der Waals surface area contributed by atoms with Gasteiger partial charge < -0.3 is 10.3 Å². The SMILES string of the molecule is Cc1ccc(-c2cc(Cn3nc(C(N)=O)ccc3=O)on2)cc1. The van der Waals surface area contributed by atoms with Crippen LogP contribution in [0.2, 0.25) is 0 Å². The maximum absolute atomic E-state index is 11.8. The molecule has 3 aromatic rings. The maximum Gasteiger partial charge on any atom is 0.269 e. The Morgan fingerprint density at radius 2 is 1.96 bits per heavy atom. The highest BCUT2D eigenvalue weighted by Gasteiger charge is 2.10. The second-order valence-corrected chi connectivity index (χ2v) is 5.12. The van der Waals surface area contributed by atoms with Crippen molar-refractivity contribution in [3.05, 3.63) is 69.8 Å². The molecule has 0 atom stereocenters. The van der Waals surface area contributed by atoms with Crippen LogP contribution in [0.15, 0.2) is 51.8 Å². The molecule has 2 heterocycles. The summed E-state index contributed by atoms with van der Waals surface area (Å²) in [5.41, 5.74) is 7.55. The minimum absolute atomic E-state index is 0.0165.